The summed E-state index contributed by atoms with van der Waals surface area (Å²) in [6.45, 7) is 3.72. The van der Waals surface area contributed by atoms with Crippen LogP contribution in [0.4, 0.5) is 0 Å². The minimum atomic E-state index is -0.0995. The predicted octanol–water partition coefficient (Wildman–Crippen LogP) is 0.407. The van der Waals surface area contributed by atoms with E-state index in [1.807, 2.05) is 13.1 Å². The Morgan fingerprint density at radius 2 is 2.32 bits per heavy atom. The molecule has 1 fully saturated rings. The van der Waals surface area contributed by atoms with E-state index in [4.69, 9.17) is 9.47 Å². The molecule has 0 saturated carbocycles. The number of ether oxygens (including phenoxy) is 2. The van der Waals surface area contributed by atoms with Crippen LogP contribution in [0.3, 0.4) is 0 Å². The first-order valence-corrected chi connectivity index (χ1v) is 6.61. The minimum absolute atomic E-state index is 0.0672. The van der Waals surface area contributed by atoms with Crippen LogP contribution in [-0.4, -0.2) is 44.7 Å². The summed E-state index contributed by atoms with van der Waals surface area (Å²) in [5.41, 5.74) is 0.865. The Balaban J connectivity index is 1.82. The zero-order valence-electron chi connectivity index (χ0n) is 11.4. The van der Waals surface area contributed by atoms with Crippen molar-refractivity contribution in [2.24, 2.45) is 10.9 Å². The van der Waals surface area contributed by atoms with Gasteiger partial charge in [-0.2, -0.15) is 0 Å². The second-order valence-electron chi connectivity index (χ2n) is 4.79. The second kappa shape index (κ2) is 6.56. The summed E-state index contributed by atoms with van der Waals surface area (Å²) in [7, 11) is 1.59. The SMILES string of the molecule is COC1=NC(C)=CNC1CNC(=O)C1CCOCC1. The van der Waals surface area contributed by atoms with Crippen LogP contribution in [0.1, 0.15) is 19.8 Å². The summed E-state index contributed by atoms with van der Waals surface area (Å²) in [4.78, 5) is 16.3. The topological polar surface area (TPSA) is 72.0 Å². The number of nitrogens with one attached hydrogen (secondary N) is 2. The van der Waals surface area contributed by atoms with E-state index in [2.05, 4.69) is 15.6 Å². The third-order valence-corrected chi connectivity index (χ3v) is 3.36. The molecule has 6 nitrogen and oxygen atoms in total. The Morgan fingerprint density at radius 1 is 1.58 bits per heavy atom. The fourth-order valence-electron chi connectivity index (χ4n) is 2.22. The van der Waals surface area contributed by atoms with Crippen molar-refractivity contribution in [3.63, 3.8) is 0 Å². The lowest BCUT2D eigenvalue weighted by atomic mass is 9.99. The smallest absolute Gasteiger partial charge is 0.223 e. The lowest BCUT2D eigenvalue weighted by Gasteiger charge is -2.25. The molecule has 0 bridgehead atoms. The zero-order chi connectivity index (χ0) is 13.7. The van der Waals surface area contributed by atoms with E-state index in [0.29, 0.717) is 25.7 Å². The maximum absolute atomic E-state index is 12.0. The molecule has 2 N–H and O–H groups in total. The molecule has 1 atom stereocenters. The van der Waals surface area contributed by atoms with Gasteiger partial charge in [-0.25, -0.2) is 4.99 Å². The van der Waals surface area contributed by atoms with Crippen molar-refractivity contribution in [1.82, 2.24) is 10.6 Å². The highest BCUT2D eigenvalue weighted by molar-refractivity contribution is 5.85. The van der Waals surface area contributed by atoms with Crippen LogP contribution < -0.4 is 10.6 Å². The molecule has 0 spiro atoms. The van der Waals surface area contributed by atoms with Gasteiger partial charge in [0.05, 0.1) is 12.8 Å². The third-order valence-electron chi connectivity index (χ3n) is 3.36. The number of amides is 1. The first-order valence-electron chi connectivity index (χ1n) is 6.61. The van der Waals surface area contributed by atoms with Gasteiger partial charge < -0.3 is 20.1 Å². The van der Waals surface area contributed by atoms with Gasteiger partial charge in [0.25, 0.3) is 0 Å². The number of carbonyl (C=O) groups is 1. The predicted molar refractivity (Wildman–Crippen MR) is 71.7 cm³/mol. The highest BCUT2D eigenvalue weighted by atomic mass is 16.5. The second-order valence-corrected chi connectivity index (χ2v) is 4.79. The normalized spacial score (nSPS) is 24.0. The standard InChI is InChI=1S/C13H21N3O3/c1-9-7-14-11(13(16-9)18-2)8-15-12(17)10-3-5-19-6-4-10/h7,10-11,14H,3-6,8H2,1-2H3,(H,15,17). The zero-order valence-corrected chi connectivity index (χ0v) is 11.4. The van der Waals surface area contributed by atoms with Crippen molar-refractivity contribution in [3.8, 4) is 0 Å². The van der Waals surface area contributed by atoms with Gasteiger partial charge in [0.15, 0.2) is 0 Å². The van der Waals surface area contributed by atoms with Crippen LogP contribution in [0.5, 0.6) is 0 Å². The molecule has 0 aromatic heterocycles. The van der Waals surface area contributed by atoms with Gasteiger partial charge in [0.2, 0.25) is 11.8 Å². The van der Waals surface area contributed by atoms with E-state index in [1.54, 1.807) is 7.11 Å². The quantitative estimate of drug-likeness (QED) is 0.777. The maximum Gasteiger partial charge on any atom is 0.223 e. The molecular weight excluding hydrogens is 246 g/mol. The molecule has 0 aromatic carbocycles. The molecule has 1 saturated heterocycles. The Kier molecular flexibility index (Phi) is 4.79. The summed E-state index contributed by atoms with van der Waals surface area (Å²) >= 11 is 0. The Hall–Kier alpha value is -1.56. The first kappa shape index (κ1) is 13.9. The van der Waals surface area contributed by atoms with Crippen LogP contribution in [-0.2, 0) is 14.3 Å². The Labute approximate surface area is 113 Å². The molecule has 2 aliphatic rings. The highest BCUT2D eigenvalue weighted by Gasteiger charge is 2.24. The number of allylic oxidation sites excluding steroid dienone is 1. The van der Waals surface area contributed by atoms with Gasteiger partial charge in [-0.05, 0) is 19.8 Å². The largest absolute Gasteiger partial charge is 0.483 e. The van der Waals surface area contributed by atoms with Crippen molar-refractivity contribution in [3.05, 3.63) is 11.9 Å². The van der Waals surface area contributed by atoms with Gasteiger partial charge in [-0.3, -0.25) is 4.79 Å². The first-order chi connectivity index (χ1) is 9.20. The fraction of sp³-hybridized carbons (Fsp3) is 0.692. The monoisotopic (exact) mass is 267 g/mol. The molecule has 2 heterocycles. The molecule has 0 radical (unpaired) electrons. The molecule has 19 heavy (non-hydrogen) atoms. The number of aliphatic imine (C=N–C) groups is 1. The number of methoxy groups -OCH3 is 1. The summed E-state index contributed by atoms with van der Waals surface area (Å²) in [6, 6.07) is -0.0995. The molecule has 1 unspecified atom stereocenters. The number of hydrogen-bond acceptors (Lipinski definition) is 5. The van der Waals surface area contributed by atoms with Crippen LogP contribution in [0.25, 0.3) is 0 Å². The van der Waals surface area contributed by atoms with E-state index >= 15 is 0 Å². The summed E-state index contributed by atoms with van der Waals surface area (Å²) < 4.78 is 10.5. The molecule has 106 valence electrons. The molecule has 0 aliphatic carbocycles. The van der Waals surface area contributed by atoms with Crippen LogP contribution in [0, 0.1) is 5.92 Å². The van der Waals surface area contributed by atoms with Crippen LogP contribution >= 0.6 is 0 Å². The lowest BCUT2D eigenvalue weighted by molar-refractivity contribution is -0.127. The summed E-state index contributed by atoms with van der Waals surface area (Å²) in [5.74, 6) is 0.761. The molecule has 2 aliphatic heterocycles. The molecule has 0 aromatic rings. The molecule has 2 rings (SSSR count). The highest BCUT2D eigenvalue weighted by Crippen LogP contribution is 2.14. The van der Waals surface area contributed by atoms with Gasteiger partial charge in [-0.1, -0.05) is 0 Å². The van der Waals surface area contributed by atoms with E-state index in [9.17, 15) is 4.79 Å². The molecule has 6 heteroatoms. The summed E-state index contributed by atoms with van der Waals surface area (Å²) in [5, 5.41) is 6.13. The average molecular weight is 267 g/mol. The van der Waals surface area contributed by atoms with E-state index in [0.717, 1.165) is 18.5 Å². The Bertz CT molecular complexity index is 387. The van der Waals surface area contributed by atoms with E-state index in [-0.39, 0.29) is 17.9 Å². The van der Waals surface area contributed by atoms with E-state index in [1.165, 1.54) is 0 Å². The van der Waals surface area contributed by atoms with Gasteiger partial charge in [0.1, 0.15) is 6.04 Å². The van der Waals surface area contributed by atoms with Gasteiger partial charge in [0, 0.05) is 31.9 Å². The van der Waals surface area contributed by atoms with Gasteiger partial charge >= 0.3 is 0 Å². The number of rotatable bonds is 3. The molecule has 1 amide bonds. The molecular formula is C13H21N3O3. The van der Waals surface area contributed by atoms with Crippen molar-refractivity contribution < 1.29 is 14.3 Å². The fourth-order valence-corrected chi connectivity index (χ4v) is 2.22. The number of nitrogens with zero attached hydrogens (tertiary/aromatic N) is 1. The van der Waals surface area contributed by atoms with Gasteiger partial charge in [-0.15, -0.1) is 0 Å². The van der Waals surface area contributed by atoms with Crippen LogP contribution in [0.2, 0.25) is 0 Å². The van der Waals surface area contributed by atoms with Crippen molar-refractivity contribution in [2.45, 2.75) is 25.8 Å². The van der Waals surface area contributed by atoms with Crippen molar-refractivity contribution in [2.75, 3.05) is 26.9 Å². The van der Waals surface area contributed by atoms with Crippen LogP contribution in [0.15, 0.2) is 16.9 Å². The average Bonchev–Trinajstić information content (AvgIpc) is 2.46. The maximum atomic E-state index is 12.0. The van der Waals surface area contributed by atoms with E-state index < -0.39 is 0 Å². The number of carbonyl (C=O) groups excluding carboxylic acids is 1. The number of hydrogen-bond donors (Lipinski definition) is 2. The van der Waals surface area contributed by atoms with Crippen molar-refractivity contribution >= 4 is 11.8 Å². The summed E-state index contributed by atoms with van der Waals surface area (Å²) in [6.07, 6.45) is 3.43. The lowest BCUT2D eigenvalue weighted by Crippen LogP contribution is -2.47. The third kappa shape index (κ3) is 3.70. The minimum Gasteiger partial charge on any atom is -0.483 e. The Morgan fingerprint density at radius 3 is 3.00 bits per heavy atom. The van der Waals surface area contributed by atoms with Crippen molar-refractivity contribution in [1.29, 1.82) is 0 Å².